The van der Waals surface area contributed by atoms with Crippen LogP contribution in [0.5, 0.6) is 0 Å². The lowest BCUT2D eigenvalue weighted by molar-refractivity contribution is -0.107. The van der Waals surface area contributed by atoms with Gasteiger partial charge in [0.05, 0.1) is 11.9 Å². The quantitative estimate of drug-likeness (QED) is 0.604. The number of hydrogen-bond donors (Lipinski definition) is 0. The summed E-state index contributed by atoms with van der Waals surface area (Å²) in [5.74, 6) is 0.813. The van der Waals surface area contributed by atoms with Crippen LogP contribution >= 0.6 is 11.8 Å². The topological polar surface area (TPSA) is 26.3 Å². The maximum absolute atomic E-state index is 11.2. The zero-order valence-corrected chi connectivity index (χ0v) is 8.04. The molecule has 0 saturated heterocycles. The molecule has 1 aliphatic rings. The molecule has 11 heavy (non-hydrogen) atoms. The van der Waals surface area contributed by atoms with E-state index in [2.05, 4.69) is 0 Å². The van der Waals surface area contributed by atoms with Crippen molar-refractivity contribution in [3.63, 3.8) is 0 Å². The number of methoxy groups -OCH3 is 1. The van der Waals surface area contributed by atoms with Gasteiger partial charge in [-0.3, -0.25) is 4.79 Å². The summed E-state index contributed by atoms with van der Waals surface area (Å²) in [6.07, 6.45) is 0. The summed E-state index contributed by atoms with van der Waals surface area (Å²) in [5, 5.41) is 0.131. The normalized spacial score (nSPS) is 22.7. The van der Waals surface area contributed by atoms with E-state index in [9.17, 15) is 4.79 Å². The molecule has 62 valence electrons. The molecule has 0 aromatic rings. The number of ether oxygens (including phenoxy) is 1. The SMILES string of the molecule is COC1=C(C)C(=O)SC1(C)C. The molecular formula is C8H12O2S. The average Bonchev–Trinajstić information content (AvgIpc) is 2.03. The molecule has 1 heterocycles. The second-order valence-electron chi connectivity index (χ2n) is 3.06. The van der Waals surface area contributed by atoms with Crippen LogP contribution in [0, 0.1) is 0 Å². The van der Waals surface area contributed by atoms with Crippen molar-refractivity contribution in [2.75, 3.05) is 7.11 Å². The highest BCUT2D eigenvalue weighted by atomic mass is 32.2. The van der Waals surface area contributed by atoms with Gasteiger partial charge in [0, 0.05) is 5.57 Å². The van der Waals surface area contributed by atoms with Crippen molar-refractivity contribution in [3.8, 4) is 0 Å². The summed E-state index contributed by atoms with van der Waals surface area (Å²) in [6.45, 7) is 5.79. The second kappa shape index (κ2) is 2.55. The van der Waals surface area contributed by atoms with Crippen molar-refractivity contribution in [2.45, 2.75) is 25.5 Å². The largest absolute Gasteiger partial charge is 0.499 e. The standard InChI is InChI=1S/C8H12O2S/c1-5-6(10-4)8(2,3)11-7(5)9/h1-4H3. The Morgan fingerprint density at radius 1 is 1.45 bits per heavy atom. The van der Waals surface area contributed by atoms with E-state index in [1.54, 1.807) is 7.11 Å². The van der Waals surface area contributed by atoms with E-state index in [1.165, 1.54) is 11.8 Å². The Kier molecular flexibility index (Phi) is 2.01. The van der Waals surface area contributed by atoms with Crippen molar-refractivity contribution >= 4 is 16.9 Å². The fourth-order valence-electron chi connectivity index (χ4n) is 1.30. The minimum atomic E-state index is -0.171. The Bertz CT molecular complexity index is 228. The Hall–Kier alpha value is -0.440. The van der Waals surface area contributed by atoms with Gasteiger partial charge in [-0.2, -0.15) is 0 Å². The molecule has 0 amide bonds. The molecule has 1 rings (SSSR count). The molecular weight excluding hydrogens is 160 g/mol. The van der Waals surface area contributed by atoms with E-state index in [0.29, 0.717) is 0 Å². The second-order valence-corrected chi connectivity index (χ2v) is 4.65. The summed E-state index contributed by atoms with van der Waals surface area (Å²) in [7, 11) is 1.61. The van der Waals surface area contributed by atoms with Crippen LogP contribution in [-0.2, 0) is 9.53 Å². The fraction of sp³-hybridized carbons (Fsp3) is 0.625. The first kappa shape index (κ1) is 8.65. The van der Waals surface area contributed by atoms with E-state index in [1.807, 2.05) is 20.8 Å². The third kappa shape index (κ3) is 1.29. The van der Waals surface area contributed by atoms with Gasteiger partial charge in [-0.15, -0.1) is 0 Å². The molecule has 0 fully saturated rings. The molecule has 0 unspecified atom stereocenters. The maximum Gasteiger partial charge on any atom is 0.219 e. The summed E-state index contributed by atoms with van der Waals surface area (Å²) in [6, 6.07) is 0. The zero-order valence-electron chi connectivity index (χ0n) is 7.22. The first-order valence-corrected chi connectivity index (χ1v) is 4.29. The molecule has 3 heteroatoms. The van der Waals surface area contributed by atoms with Crippen LogP contribution in [0.15, 0.2) is 11.3 Å². The smallest absolute Gasteiger partial charge is 0.219 e. The fourth-order valence-corrected chi connectivity index (χ4v) is 2.34. The van der Waals surface area contributed by atoms with E-state index in [4.69, 9.17) is 4.74 Å². The van der Waals surface area contributed by atoms with Crippen molar-refractivity contribution in [3.05, 3.63) is 11.3 Å². The zero-order chi connectivity index (χ0) is 8.65. The lowest BCUT2D eigenvalue weighted by Crippen LogP contribution is -2.15. The predicted octanol–water partition coefficient (Wildman–Crippen LogP) is 1.96. The van der Waals surface area contributed by atoms with Crippen LogP contribution in [0.4, 0.5) is 0 Å². The number of carbonyl (C=O) groups excluding carboxylic acids is 1. The Morgan fingerprint density at radius 3 is 2.18 bits per heavy atom. The summed E-state index contributed by atoms with van der Waals surface area (Å²) in [4.78, 5) is 11.2. The molecule has 2 nitrogen and oxygen atoms in total. The van der Waals surface area contributed by atoms with Gasteiger partial charge in [-0.05, 0) is 20.8 Å². The highest BCUT2D eigenvalue weighted by Gasteiger charge is 2.38. The average molecular weight is 172 g/mol. The highest BCUT2D eigenvalue weighted by Crippen LogP contribution is 2.42. The predicted molar refractivity (Wildman–Crippen MR) is 46.4 cm³/mol. The van der Waals surface area contributed by atoms with E-state index in [-0.39, 0.29) is 9.86 Å². The lowest BCUT2D eigenvalue weighted by Gasteiger charge is -2.18. The van der Waals surface area contributed by atoms with E-state index >= 15 is 0 Å². The van der Waals surface area contributed by atoms with Gasteiger partial charge in [0.25, 0.3) is 0 Å². The summed E-state index contributed by atoms with van der Waals surface area (Å²) in [5.41, 5.74) is 0.752. The third-order valence-corrected chi connectivity index (χ3v) is 2.93. The number of hydrogen-bond acceptors (Lipinski definition) is 3. The highest BCUT2D eigenvalue weighted by molar-refractivity contribution is 8.15. The molecule has 0 aromatic heterocycles. The van der Waals surface area contributed by atoms with E-state index in [0.717, 1.165) is 11.3 Å². The van der Waals surface area contributed by atoms with Crippen LogP contribution in [-0.4, -0.2) is 17.0 Å². The van der Waals surface area contributed by atoms with Crippen LogP contribution in [0.25, 0.3) is 0 Å². The molecule has 0 atom stereocenters. The Morgan fingerprint density at radius 2 is 2.00 bits per heavy atom. The van der Waals surface area contributed by atoms with Crippen molar-refractivity contribution < 1.29 is 9.53 Å². The monoisotopic (exact) mass is 172 g/mol. The lowest BCUT2D eigenvalue weighted by atomic mass is 10.1. The van der Waals surface area contributed by atoms with Gasteiger partial charge < -0.3 is 4.74 Å². The first-order chi connectivity index (χ1) is 4.99. The molecule has 0 radical (unpaired) electrons. The summed E-state index contributed by atoms with van der Waals surface area (Å²) >= 11 is 1.33. The van der Waals surface area contributed by atoms with Crippen LogP contribution < -0.4 is 0 Å². The number of rotatable bonds is 1. The molecule has 0 N–H and O–H groups in total. The van der Waals surface area contributed by atoms with Crippen molar-refractivity contribution in [1.82, 2.24) is 0 Å². The molecule has 0 saturated carbocycles. The van der Waals surface area contributed by atoms with Gasteiger partial charge in [0.1, 0.15) is 5.76 Å². The van der Waals surface area contributed by atoms with Crippen molar-refractivity contribution in [1.29, 1.82) is 0 Å². The van der Waals surface area contributed by atoms with Gasteiger partial charge in [0.15, 0.2) is 0 Å². The van der Waals surface area contributed by atoms with Gasteiger partial charge in [0.2, 0.25) is 5.12 Å². The number of thioether (sulfide) groups is 1. The van der Waals surface area contributed by atoms with Crippen LogP contribution in [0.2, 0.25) is 0 Å². The first-order valence-electron chi connectivity index (χ1n) is 3.47. The Labute approximate surface area is 71.0 Å². The van der Waals surface area contributed by atoms with Gasteiger partial charge in [-0.25, -0.2) is 0 Å². The molecule has 0 aliphatic carbocycles. The van der Waals surface area contributed by atoms with Crippen LogP contribution in [0.1, 0.15) is 20.8 Å². The van der Waals surface area contributed by atoms with Crippen molar-refractivity contribution in [2.24, 2.45) is 0 Å². The minimum Gasteiger partial charge on any atom is -0.499 e. The van der Waals surface area contributed by atoms with Gasteiger partial charge >= 0.3 is 0 Å². The maximum atomic E-state index is 11.2. The minimum absolute atomic E-state index is 0.131. The van der Waals surface area contributed by atoms with E-state index < -0.39 is 0 Å². The summed E-state index contributed by atoms with van der Waals surface area (Å²) < 4.78 is 4.98. The number of carbonyl (C=O) groups is 1. The Balaban J connectivity index is 3.06. The molecule has 0 aromatic carbocycles. The molecule has 0 bridgehead atoms. The third-order valence-electron chi connectivity index (χ3n) is 1.75. The van der Waals surface area contributed by atoms with Crippen LogP contribution in [0.3, 0.4) is 0 Å². The molecule has 1 aliphatic heterocycles. The molecule has 0 spiro atoms. The van der Waals surface area contributed by atoms with Gasteiger partial charge in [-0.1, -0.05) is 11.8 Å².